The SMILES string of the molecule is C=CCCCOc1ccc(C(=O)Oc2ccc(OC(=O)c3ccc(OCCCC=C)cc3)c(C)c2)cc1. The molecular weight excluding hydrogens is 468 g/mol. The second-order valence-electron chi connectivity index (χ2n) is 8.31. The number of allylic oxidation sites excluding steroid dienone is 2. The molecule has 0 fully saturated rings. The van der Waals surface area contributed by atoms with Crippen molar-refractivity contribution in [2.45, 2.75) is 32.6 Å². The number of benzene rings is 3. The summed E-state index contributed by atoms with van der Waals surface area (Å²) in [6.45, 7) is 10.3. The predicted molar refractivity (Wildman–Crippen MR) is 144 cm³/mol. The highest BCUT2D eigenvalue weighted by Gasteiger charge is 2.14. The van der Waals surface area contributed by atoms with Crippen molar-refractivity contribution < 1.29 is 28.5 Å². The molecule has 0 heterocycles. The molecule has 0 atom stereocenters. The monoisotopic (exact) mass is 500 g/mol. The minimum Gasteiger partial charge on any atom is -0.494 e. The number of hydrogen-bond donors (Lipinski definition) is 0. The lowest BCUT2D eigenvalue weighted by atomic mass is 10.2. The summed E-state index contributed by atoms with van der Waals surface area (Å²) < 4.78 is 22.3. The van der Waals surface area contributed by atoms with Gasteiger partial charge < -0.3 is 18.9 Å². The van der Waals surface area contributed by atoms with E-state index in [1.807, 2.05) is 12.2 Å². The van der Waals surface area contributed by atoms with Crippen LogP contribution < -0.4 is 18.9 Å². The van der Waals surface area contributed by atoms with Crippen LogP contribution in [-0.2, 0) is 0 Å². The molecule has 6 nitrogen and oxygen atoms in total. The van der Waals surface area contributed by atoms with E-state index in [0.29, 0.717) is 52.9 Å². The summed E-state index contributed by atoms with van der Waals surface area (Å²) in [7, 11) is 0. The third-order valence-corrected chi connectivity index (χ3v) is 5.38. The number of ether oxygens (including phenoxy) is 4. The number of aryl methyl sites for hydroxylation is 1. The van der Waals surface area contributed by atoms with Crippen molar-refractivity contribution in [1.82, 2.24) is 0 Å². The van der Waals surface area contributed by atoms with Gasteiger partial charge in [-0.25, -0.2) is 9.59 Å². The summed E-state index contributed by atoms with van der Waals surface area (Å²) in [5, 5.41) is 0. The van der Waals surface area contributed by atoms with Crippen molar-refractivity contribution in [2.75, 3.05) is 13.2 Å². The molecule has 0 aliphatic carbocycles. The fourth-order valence-electron chi connectivity index (χ4n) is 3.33. The van der Waals surface area contributed by atoms with E-state index in [9.17, 15) is 9.59 Å². The molecule has 0 saturated carbocycles. The summed E-state index contributed by atoms with van der Waals surface area (Å²) in [4.78, 5) is 25.1. The van der Waals surface area contributed by atoms with Gasteiger partial charge in [0.15, 0.2) is 0 Å². The van der Waals surface area contributed by atoms with E-state index in [1.165, 1.54) is 0 Å². The average Bonchev–Trinajstić information content (AvgIpc) is 2.91. The lowest BCUT2D eigenvalue weighted by Crippen LogP contribution is -2.10. The van der Waals surface area contributed by atoms with E-state index in [2.05, 4.69) is 13.2 Å². The van der Waals surface area contributed by atoms with E-state index in [1.54, 1.807) is 73.7 Å². The maximum atomic E-state index is 12.6. The van der Waals surface area contributed by atoms with E-state index in [0.717, 1.165) is 25.7 Å². The Morgan fingerprint density at radius 1 is 0.676 bits per heavy atom. The largest absolute Gasteiger partial charge is 0.494 e. The Kier molecular flexibility index (Phi) is 10.5. The van der Waals surface area contributed by atoms with Crippen molar-refractivity contribution in [3.63, 3.8) is 0 Å². The Hall–Kier alpha value is -4.32. The molecule has 0 spiro atoms. The van der Waals surface area contributed by atoms with Gasteiger partial charge in [0.2, 0.25) is 0 Å². The molecule has 0 unspecified atom stereocenters. The van der Waals surface area contributed by atoms with Crippen molar-refractivity contribution in [1.29, 1.82) is 0 Å². The van der Waals surface area contributed by atoms with Gasteiger partial charge in [-0.05, 0) is 105 Å². The van der Waals surface area contributed by atoms with Crippen LogP contribution in [0.4, 0.5) is 0 Å². The van der Waals surface area contributed by atoms with Crippen LogP contribution in [0.25, 0.3) is 0 Å². The van der Waals surface area contributed by atoms with Gasteiger partial charge in [-0.2, -0.15) is 0 Å². The van der Waals surface area contributed by atoms with E-state index >= 15 is 0 Å². The zero-order valence-corrected chi connectivity index (χ0v) is 21.1. The van der Waals surface area contributed by atoms with Crippen LogP contribution in [0.5, 0.6) is 23.0 Å². The Bertz CT molecular complexity index is 1200. The molecule has 0 amide bonds. The minimum absolute atomic E-state index is 0.352. The van der Waals surface area contributed by atoms with Crippen LogP contribution in [0.3, 0.4) is 0 Å². The lowest BCUT2D eigenvalue weighted by Gasteiger charge is -2.11. The molecular formula is C31H32O6. The van der Waals surface area contributed by atoms with Crippen LogP contribution >= 0.6 is 0 Å². The number of carbonyl (C=O) groups excluding carboxylic acids is 2. The highest BCUT2D eigenvalue weighted by molar-refractivity contribution is 5.92. The van der Waals surface area contributed by atoms with Gasteiger partial charge in [-0.1, -0.05) is 12.2 Å². The first-order valence-electron chi connectivity index (χ1n) is 12.2. The number of hydrogen-bond acceptors (Lipinski definition) is 6. The number of carbonyl (C=O) groups is 2. The second-order valence-corrected chi connectivity index (χ2v) is 8.31. The molecule has 37 heavy (non-hydrogen) atoms. The molecule has 0 saturated heterocycles. The van der Waals surface area contributed by atoms with Crippen LogP contribution in [0.1, 0.15) is 52.0 Å². The standard InChI is InChI=1S/C31H32O6/c1-4-6-8-20-34-26-14-10-24(11-15-26)30(32)36-28-18-19-29(23(3)22-28)37-31(33)25-12-16-27(17-13-25)35-21-9-7-5-2/h4-5,10-19,22H,1-2,6-9,20-21H2,3H3. The molecule has 0 radical (unpaired) electrons. The van der Waals surface area contributed by atoms with Crippen LogP contribution in [0.15, 0.2) is 92.0 Å². The maximum Gasteiger partial charge on any atom is 0.343 e. The molecule has 192 valence electrons. The molecule has 3 rings (SSSR count). The summed E-state index contributed by atoms with van der Waals surface area (Å²) in [6, 6.07) is 18.4. The third-order valence-electron chi connectivity index (χ3n) is 5.38. The van der Waals surface area contributed by atoms with Gasteiger partial charge in [0.1, 0.15) is 23.0 Å². The average molecular weight is 501 g/mol. The molecule has 0 aliphatic rings. The highest BCUT2D eigenvalue weighted by Crippen LogP contribution is 2.25. The summed E-state index contributed by atoms with van der Waals surface area (Å²) in [6.07, 6.45) is 7.25. The Morgan fingerprint density at radius 2 is 1.14 bits per heavy atom. The number of esters is 2. The zero-order valence-electron chi connectivity index (χ0n) is 21.1. The summed E-state index contributed by atoms with van der Waals surface area (Å²) >= 11 is 0. The summed E-state index contributed by atoms with van der Waals surface area (Å²) in [5.41, 5.74) is 1.46. The van der Waals surface area contributed by atoms with E-state index in [-0.39, 0.29) is 0 Å². The van der Waals surface area contributed by atoms with Gasteiger partial charge in [0, 0.05) is 0 Å². The third kappa shape index (κ3) is 8.69. The van der Waals surface area contributed by atoms with E-state index in [4.69, 9.17) is 18.9 Å². The summed E-state index contributed by atoms with van der Waals surface area (Å²) in [5.74, 6) is 1.13. The minimum atomic E-state index is -0.492. The topological polar surface area (TPSA) is 71.1 Å². The first-order chi connectivity index (χ1) is 18.0. The molecule has 6 heteroatoms. The number of unbranched alkanes of at least 4 members (excludes halogenated alkanes) is 2. The smallest absolute Gasteiger partial charge is 0.343 e. The fraction of sp³-hybridized carbons (Fsp3) is 0.226. The molecule has 3 aromatic rings. The number of rotatable bonds is 14. The molecule has 0 aliphatic heterocycles. The van der Waals surface area contributed by atoms with E-state index < -0.39 is 11.9 Å². The van der Waals surface area contributed by atoms with Gasteiger partial charge in [0.25, 0.3) is 0 Å². The van der Waals surface area contributed by atoms with Crippen molar-refractivity contribution in [3.8, 4) is 23.0 Å². The molecule has 3 aromatic carbocycles. The highest BCUT2D eigenvalue weighted by atomic mass is 16.5. The van der Waals surface area contributed by atoms with Crippen molar-refractivity contribution in [2.24, 2.45) is 0 Å². The Balaban J connectivity index is 1.53. The second kappa shape index (κ2) is 14.3. The normalized spacial score (nSPS) is 10.3. The quantitative estimate of drug-likeness (QED) is 0.102. The van der Waals surface area contributed by atoms with Crippen LogP contribution in [-0.4, -0.2) is 25.2 Å². The van der Waals surface area contributed by atoms with Crippen molar-refractivity contribution in [3.05, 3.63) is 109 Å². The van der Waals surface area contributed by atoms with Gasteiger partial charge in [-0.3, -0.25) is 0 Å². The van der Waals surface area contributed by atoms with Gasteiger partial charge in [-0.15, -0.1) is 13.2 Å². The molecule has 0 bridgehead atoms. The predicted octanol–water partition coefficient (Wildman–Crippen LogP) is 7.12. The molecule has 0 aromatic heterocycles. The zero-order chi connectivity index (χ0) is 26.5. The van der Waals surface area contributed by atoms with Gasteiger partial charge >= 0.3 is 11.9 Å². The van der Waals surface area contributed by atoms with Crippen molar-refractivity contribution >= 4 is 11.9 Å². The Morgan fingerprint density at radius 3 is 1.59 bits per heavy atom. The maximum absolute atomic E-state index is 12.6. The fourth-order valence-corrected chi connectivity index (χ4v) is 3.33. The lowest BCUT2D eigenvalue weighted by molar-refractivity contribution is 0.0718. The Labute approximate surface area is 218 Å². The van der Waals surface area contributed by atoms with Gasteiger partial charge in [0.05, 0.1) is 24.3 Å². The molecule has 0 N–H and O–H groups in total. The first-order valence-corrected chi connectivity index (χ1v) is 12.2. The first kappa shape index (κ1) is 27.3. The van der Waals surface area contributed by atoms with Crippen LogP contribution in [0, 0.1) is 6.92 Å². The van der Waals surface area contributed by atoms with Crippen LogP contribution in [0.2, 0.25) is 0 Å².